The maximum absolute atomic E-state index is 11.8. The molecule has 1 atom stereocenters. The van der Waals surface area contributed by atoms with Crippen LogP contribution in [0.25, 0.3) is 0 Å². The molecule has 0 heterocycles. The first kappa shape index (κ1) is 12.8. The highest BCUT2D eigenvalue weighted by molar-refractivity contribution is 5.96. The fourth-order valence-electron chi connectivity index (χ4n) is 1.47. The van der Waals surface area contributed by atoms with Gasteiger partial charge >= 0.3 is 0 Å². The fraction of sp³-hybridized carbons (Fsp3) is 0.273. The summed E-state index contributed by atoms with van der Waals surface area (Å²) in [6.07, 6.45) is 0.0868. The molecule has 0 radical (unpaired) electrons. The van der Waals surface area contributed by atoms with E-state index >= 15 is 0 Å². The summed E-state index contributed by atoms with van der Waals surface area (Å²) < 4.78 is 0. The molecule has 6 heteroatoms. The maximum atomic E-state index is 11.8. The average Bonchev–Trinajstić information content (AvgIpc) is 2.14. The summed E-state index contributed by atoms with van der Waals surface area (Å²) >= 11 is 0. The summed E-state index contributed by atoms with van der Waals surface area (Å²) in [4.78, 5) is 22.4. The number of nitrogen functional groups attached to an aromatic ring is 2. The molecule has 1 aromatic rings. The zero-order chi connectivity index (χ0) is 13.0. The Morgan fingerprint density at radius 3 is 2.24 bits per heavy atom. The van der Waals surface area contributed by atoms with Crippen LogP contribution in [0, 0.1) is 0 Å². The second-order valence-electron chi connectivity index (χ2n) is 3.93. The van der Waals surface area contributed by atoms with Gasteiger partial charge in [-0.15, -0.1) is 0 Å². The monoisotopic (exact) mass is 236 g/mol. The van der Waals surface area contributed by atoms with Crippen LogP contribution in [0.5, 0.6) is 0 Å². The van der Waals surface area contributed by atoms with Gasteiger partial charge in [0.1, 0.15) is 0 Å². The predicted octanol–water partition coefficient (Wildman–Crippen LogP) is -0.155. The first-order valence-corrected chi connectivity index (χ1v) is 5.13. The van der Waals surface area contributed by atoms with Crippen LogP contribution in [0.4, 0.5) is 11.4 Å². The third-order valence-electron chi connectivity index (χ3n) is 2.12. The Kier molecular flexibility index (Phi) is 3.92. The van der Waals surface area contributed by atoms with Crippen molar-refractivity contribution < 1.29 is 9.59 Å². The van der Waals surface area contributed by atoms with Crippen molar-refractivity contribution >= 4 is 23.2 Å². The lowest BCUT2D eigenvalue weighted by Gasteiger charge is -2.12. The van der Waals surface area contributed by atoms with Gasteiger partial charge in [-0.1, -0.05) is 0 Å². The van der Waals surface area contributed by atoms with Crippen LogP contribution in [-0.2, 0) is 4.79 Å². The van der Waals surface area contributed by atoms with Crippen molar-refractivity contribution in [1.82, 2.24) is 5.32 Å². The summed E-state index contributed by atoms with van der Waals surface area (Å²) in [5.74, 6) is -0.803. The topological polar surface area (TPSA) is 124 Å². The van der Waals surface area contributed by atoms with Crippen molar-refractivity contribution in [3.8, 4) is 0 Å². The van der Waals surface area contributed by atoms with Gasteiger partial charge in [0.15, 0.2) is 0 Å². The van der Waals surface area contributed by atoms with Crippen molar-refractivity contribution in [2.45, 2.75) is 19.4 Å². The Morgan fingerprint density at radius 2 is 1.76 bits per heavy atom. The minimum atomic E-state index is -0.468. The van der Waals surface area contributed by atoms with Gasteiger partial charge in [0.2, 0.25) is 5.91 Å². The molecular formula is C11H16N4O2. The number of nitrogens with one attached hydrogen (secondary N) is 1. The molecule has 0 aliphatic rings. The first-order valence-electron chi connectivity index (χ1n) is 5.13. The van der Waals surface area contributed by atoms with Crippen LogP contribution in [-0.4, -0.2) is 17.9 Å². The van der Waals surface area contributed by atoms with E-state index in [1.54, 1.807) is 13.0 Å². The molecule has 92 valence electrons. The van der Waals surface area contributed by atoms with E-state index in [1.165, 1.54) is 12.1 Å². The number of primary amides is 1. The summed E-state index contributed by atoms with van der Waals surface area (Å²) in [6.45, 7) is 1.69. The van der Waals surface area contributed by atoms with E-state index in [4.69, 9.17) is 17.2 Å². The van der Waals surface area contributed by atoms with Gasteiger partial charge in [-0.2, -0.15) is 0 Å². The van der Waals surface area contributed by atoms with E-state index in [0.29, 0.717) is 16.9 Å². The van der Waals surface area contributed by atoms with Crippen LogP contribution in [0.15, 0.2) is 18.2 Å². The second kappa shape index (κ2) is 5.20. The predicted molar refractivity (Wildman–Crippen MR) is 66.0 cm³/mol. The number of carbonyl (C=O) groups excluding carboxylic acids is 2. The molecular weight excluding hydrogens is 220 g/mol. The van der Waals surface area contributed by atoms with Crippen molar-refractivity contribution in [1.29, 1.82) is 0 Å². The van der Waals surface area contributed by atoms with E-state index in [-0.39, 0.29) is 18.4 Å². The largest absolute Gasteiger partial charge is 0.399 e. The molecule has 0 bridgehead atoms. The van der Waals surface area contributed by atoms with E-state index in [0.717, 1.165) is 0 Å². The zero-order valence-corrected chi connectivity index (χ0v) is 9.57. The fourth-order valence-corrected chi connectivity index (χ4v) is 1.47. The molecule has 0 spiro atoms. The lowest BCUT2D eigenvalue weighted by atomic mass is 10.1. The average molecular weight is 236 g/mol. The van der Waals surface area contributed by atoms with Gasteiger partial charge in [-0.05, 0) is 25.1 Å². The van der Waals surface area contributed by atoms with Gasteiger partial charge in [0.25, 0.3) is 5.91 Å². The smallest absolute Gasteiger partial charge is 0.251 e. The first-order chi connectivity index (χ1) is 7.88. The number of amides is 2. The molecule has 1 rings (SSSR count). The number of rotatable bonds is 4. The Hall–Kier alpha value is -2.24. The van der Waals surface area contributed by atoms with Gasteiger partial charge in [-0.25, -0.2) is 0 Å². The number of hydrogen-bond donors (Lipinski definition) is 4. The van der Waals surface area contributed by atoms with Crippen molar-refractivity contribution in [3.63, 3.8) is 0 Å². The third kappa shape index (κ3) is 4.02. The Morgan fingerprint density at radius 1 is 1.24 bits per heavy atom. The maximum Gasteiger partial charge on any atom is 0.251 e. The third-order valence-corrected chi connectivity index (χ3v) is 2.12. The van der Waals surface area contributed by atoms with Crippen LogP contribution in [0.3, 0.4) is 0 Å². The van der Waals surface area contributed by atoms with Crippen molar-refractivity contribution in [2.24, 2.45) is 5.73 Å². The molecule has 0 aliphatic heterocycles. The lowest BCUT2D eigenvalue weighted by Crippen LogP contribution is -2.35. The van der Waals surface area contributed by atoms with Crippen molar-refractivity contribution in [3.05, 3.63) is 23.8 Å². The Labute approximate surface area is 99.1 Å². The summed E-state index contributed by atoms with van der Waals surface area (Å²) in [7, 11) is 0. The molecule has 0 fully saturated rings. The molecule has 1 unspecified atom stereocenters. The van der Waals surface area contributed by atoms with Crippen molar-refractivity contribution in [2.75, 3.05) is 11.5 Å². The number of hydrogen-bond acceptors (Lipinski definition) is 4. The molecule has 6 nitrogen and oxygen atoms in total. The van der Waals surface area contributed by atoms with Gasteiger partial charge in [0.05, 0.1) is 0 Å². The molecule has 7 N–H and O–H groups in total. The number of benzene rings is 1. The second-order valence-corrected chi connectivity index (χ2v) is 3.93. The SMILES string of the molecule is CC(CC(N)=O)NC(=O)c1cc(N)cc(N)c1. The van der Waals surface area contributed by atoms with Gasteiger partial charge in [-0.3, -0.25) is 9.59 Å². The summed E-state index contributed by atoms with van der Waals surface area (Å²) in [5, 5.41) is 2.63. The van der Waals surface area contributed by atoms with Gasteiger partial charge in [0, 0.05) is 29.4 Å². The van der Waals surface area contributed by atoms with E-state index < -0.39 is 5.91 Å². The highest BCUT2D eigenvalue weighted by Gasteiger charge is 2.12. The summed E-state index contributed by atoms with van der Waals surface area (Å²) in [6, 6.07) is 4.26. The number of anilines is 2. The molecule has 17 heavy (non-hydrogen) atoms. The van der Waals surface area contributed by atoms with Gasteiger partial charge < -0.3 is 22.5 Å². The van der Waals surface area contributed by atoms with E-state index in [9.17, 15) is 9.59 Å². The van der Waals surface area contributed by atoms with Crippen LogP contribution in [0.2, 0.25) is 0 Å². The molecule has 0 saturated heterocycles. The van der Waals surface area contributed by atoms with Crippen LogP contribution < -0.4 is 22.5 Å². The molecule has 1 aromatic carbocycles. The van der Waals surface area contributed by atoms with Crippen LogP contribution in [0.1, 0.15) is 23.7 Å². The zero-order valence-electron chi connectivity index (χ0n) is 9.57. The quantitative estimate of drug-likeness (QED) is 0.542. The highest BCUT2D eigenvalue weighted by Crippen LogP contribution is 2.13. The Bertz CT molecular complexity index is 425. The number of nitrogens with two attached hydrogens (primary N) is 3. The minimum Gasteiger partial charge on any atom is -0.399 e. The van der Waals surface area contributed by atoms with Crippen LogP contribution >= 0.6 is 0 Å². The number of carbonyl (C=O) groups is 2. The van der Waals surface area contributed by atoms with E-state index in [1.807, 2.05) is 0 Å². The summed E-state index contributed by atoms with van der Waals surface area (Å²) in [5.41, 5.74) is 17.4. The Balaban J connectivity index is 2.72. The lowest BCUT2D eigenvalue weighted by molar-refractivity contribution is -0.118. The molecule has 0 aromatic heterocycles. The normalized spacial score (nSPS) is 11.8. The molecule has 0 aliphatic carbocycles. The molecule has 2 amide bonds. The van der Waals surface area contributed by atoms with E-state index in [2.05, 4.69) is 5.32 Å². The highest BCUT2D eigenvalue weighted by atomic mass is 16.2. The molecule has 0 saturated carbocycles. The minimum absolute atomic E-state index is 0.0868. The standard InChI is InChI=1S/C11H16N4O2/c1-6(2-10(14)16)15-11(17)7-3-8(12)5-9(13)4-7/h3-6H,2,12-13H2,1H3,(H2,14,16)(H,15,17).